The van der Waals surface area contributed by atoms with Crippen molar-refractivity contribution in [3.05, 3.63) is 63.1 Å². The predicted octanol–water partition coefficient (Wildman–Crippen LogP) is 4.91. The monoisotopic (exact) mass is 321 g/mol. The van der Waals surface area contributed by atoms with Crippen LogP contribution in [-0.2, 0) is 13.0 Å². The minimum atomic E-state index is 0.127. The normalized spacial score (nSPS) is 17.4. The van der Waals surface area contributed by atoms with E-state index in [0.29, 0.717) is 16.7 Å². The first kappa shape index (κ1) is 14.7. The van der Waals surface area contributed by atoms with Crippen LogP contribution in [0.3, 0.4) is 0 Å². The van der Waals surface area contributed by atoms with E-state index in [1.165, 1.54) is 11.1 Å². The second-order valence-corrected chi connectivity index (χ2v) is 6.17. The number of hydrogen-bond donors (Lipinski definition) is 1. The summed E-state index contributed by atoms with van der Waals surface area (Å²) >= 11 is 11.9. The molecule has 3 rings (SSSR count). The van der Waals surface area contributed by atoms with Gasteiger partial charge in [0.15, 0.2) is 0 Å². The fraction of sp³-hybridized carbons (Fsp3) is 0.294. The molecule has 0 heterocycles. The van der Waals surface area contributed by atoms with Crippen molar-refractivity contribution in [2.45, 2.75) is 31.9 Å². The van der Waals surface area contributed by atoms with Gasteiger partial charge in [0.05, 0.1) is 10.0 Å². The van der Waals surface area contributed by atoms with Crippen LogP contribution in [0.2, 0.25) is 10.0 Å². The molecule has 0 amide bonds. The van der Waals surface area contributed by atoms with E-state index in [4.69, 9.17) is 33.7 Å². The highest BCUT2D eigenvalue weighted by Gasteiger charge is 2.19. The Morgan fingerprint density at radius 2 is 2.00 bits per heavy atom. The Labute approximate surface area is 134 Å². The lowest BCUT2D eigenvalue weighted by Crippen LogP contribution is -2.18. The van der Waals surface area contributed by atoms with E-state index in [1.54, 1.807) is 6.07 Å². The average molecular weight is 322 g/mol. The standard InChI is InChI=1S/C17H17Cl2NO/c18-14-8-7-11(9-15(14)19)10-21-17-6-2-3-12-13(17)4-1-5-16(12)20/h2-3,6-9,16H,1,4-5,10,20H2. The van der Waals surface area contributed by atoms with Crippen molar-refractivity contribution in [3.8, 4) is 5.75 Å². The van der Waals surface area contributed by atoms with Crippen LogP contribution < -0.4 is 10.5 Å². The maximum absolute atomic E-state index is 6.17. The lowest BCUT2D eigenvalue weighted by molar-refractivity contribution is 0.300. The first-order valence-electron chi connectivity index (χ1n) is 7.09. The third kappa shape index (κ3) is 3.18. The molecule has 0 radical (unpaired) electrons. The summed E-state index contributed by atoms with van der Waals surface area (Å²) < 4.78 is 5.98. The Kier molecular flexibility index (Phi) is 4.39. The minimum absolute atomic E-state index is 0.127. The molecule has 0 saturated carbocycles. The third-order valence-electron chi connectivity index (χ3n) is 3.89. The Bertz CT molecular complexity index is 657. The van der Waals surface area contributed by atoms with Gasteiger partial charge in [0.1, 0.15) is 12.4 Å². The van der Waals surface area contributed by atoms with E-state index in [-0.39, 0.29) is 6.04 Å². The van der Waals surface area contributed by atoms with Crippen molar-refractivity contribution in [1.82, 2.24) is 0 Å². The number of rotatable bonds is 3. The lowest BCUT2D eigenvalue weighted by atomic mass is 9.87. The van der Waals surface area contributed by atoms with Gasteiger partial charge in [-0.3, -0.25) is 0 Å². The number of ether oxygens (including phenoxy) is 1. The van der Waals surface area contributed by atoms with Crippen LogP contribution in [0.15, 0.2) is 36.4 Å². The Hall–Kier alpha value is -1.22. The number of fused-ring (bicyclic) bond motifs is 1. The van der Waals surface area contributed by atoms with E-state index < -0.39 is 0 Å². The fourth-order valence-electron chi connectivity index (χ4n) is 2.78. The van der Waals surface area contributed by atoms with Crippen LogP contribution in [0.1, 0.15) is 35.6 Å². The van der Waals surface area contributed by atoms with Gasteiger partial charge in [-0.2, -0.15) is 0 Å². The van der Waals surface area contributed by atoms with E-state index in [2.05, 4.69) is 6.07 Å². The smallest absolute Gasteiger partial charge is 0.123 e. The van der Waals surface area contributed by atoms with E-state index >= 15 is 0 Å². The van der Waals surface area contributed by atoms with Crippen LogP contribution >= 0.6 is 23.2 Å². The van der Waals surface area contributed by atoms with E-state index in [0.717, 1.165) is 30.6 Å². The summed E-state index contributed by atoms with van der Waals surface area (Å²) in [5, 5.41) is 1.11. The molecule has 0 saturated heterocycles. The Morgan fingerprint density at radius 3 is 2.81 bits per heavy atom. The van der Waals surface area contributed by atoms with Crippen molar-refractivity contribution in [2.75, 3.05) is 0 Å². The second kappa shape index (κ2) is 6.27. The number of nitrogens with two attached hydrogens (primary N) is 1. The summed E-state index contributed by atoms with van der Waals surface area (Å²) in [5.74, 6) is 0.925. The molecule has 1 atom stereocenters. The van der Waals surface area contributed by atoms with Crippen molar-refractivity contribution in [2.24, 2.45) is 5.73 Å². The molecule has 2 aromatic rings. The second-order valence-electron chi connectivity index (χ2n) is 5.36. The van der Waals surface area contributed by atoms with Gasteiger partial charge >= 0.3 is 0 Å². The molecule has 0 spiro atoms. The molecule has 21 heavy (non-hydrogen) atoms. The molecule has 0 aliphatic heterocycles. The average Bonchev–Trinajstić information content (AvgIpc) is 2.49. The molecule has 0 fully saturated rings. The predicted molar refractivity (Wildman–Crippen MR) is 87.1 cm³/mol. The zero-order valence-electron chi connectivity index (χ0n) is 11.6. The molecule has 0 bridgehead atoms. The van der Waals surface area contributed by atoms with Crippen LogP contribution in [0, 0.1) is 0 Å². The molecule has 2 nitrogen and oxygen atoms in total. The zero-order valence-corrected chi connectivity index (χ0v) is 13.1. The van der Waals surface area contributed by atoms with Crippen LogP contribution in [0.5, 0.6) is 5.75 Å². The van der Waals surface area contributed by atoms with Crippen molar-refractivity contribution in [3.63, 3.8) is 0 Å². The molecule has 2 aromatic carbocycles. The lowest BCUT2D eigenvalue weighted by Gasteiger charge is -2.24. The first-order chi connectivity index (χ1) is 10.1. The number of halogens is 2. The highest BCUT2D eigenvalue weighted by Crippen LogP contribution is 2.34. The van der Waals surface area contributed by atoms with Crippen molar-refractivity contribution in [1.29, 1.82) is 0 Å². The van der Waals surface area contributed by atoms with Gasteiger partial charge in [0, 0.05) is 6.04 Å². The Balaban J connectivity index is 1.79. The van der Waals surface area contributed by atoms with Crippen molar-refractivity contribution >= 4 is 23.2 Å². The summed E-state index contributed by atoms with van der Waals surface area (Å²) in [5.41, 5.74) is 9.64. The van der Waals surface area contributed by atoms with Gasteiger partial charge in [-0.25, -0.2) is 0 Å². The SMILES string of the molecule is NC1CCCc2c(OCc3ccc(Cl)c(Cl)c3)cccc21. The van der Waals surface area contributed by atoms with Crippen LogP contribution in [0.25, 0.3) is 0 Å². The largest absolute Gasteiger partial charge is 0.489 e. The highest BCUT2D eigenvalue weighted by atomic mass is 35.5. The Morgan fingerprint density at radius 1 is 1.14 bits per heavy atom. The van der Waals surface area contributed by atoms with Crippen molar-refractivity contribution < 1.29 is 4.74 Å². The summed E-state index contributed by atoms with van der Waals surface area (Å²) in [4.78, 5) is 0. The van der Waals surface area contributed by atoms with Gasteiger partial charge in [0.25, 0.3) is 0 Å². The molecule has 1 unspecified atom stereocenters. The topological polar surface area (TPSA) is 35.2 Å². The maximum Gasteiger partial charge on any atom is 0.123 e. The van der Waals surface area contributed by atoms with Gasteiger partial charge in [-0.05, 0) is 54.2 Å². The summed E-state index contributed by atoms with van der Waals surface area (Å²) in [7, 11) is 0. The molecule has 110 valence electrons. The van der Waals surface area contributed by atoms with Gasteiger partial charge in [-0.15, -0.1) is 0 Å². The first-order valence-corrected chi connectivity index (χ1v) is 7.85. The van der Waals surface area contributed by atoms with Gasteiger partial charge < -0.3 is 10.5 Å². The molecule has 1 aliphatic carbocycles. The summed E-state index contributed by atoms with van der Waals surface area (Å²) in [6, 6.07) is 11.8. The molecular weight excluding hydrogens is 305 g/mol. The molecule has 1 aliphatic rings. The molecular formula is C17H17Cl2NO. The fourth-order valence-corrected chi connectivity index (χ4v) is 3.10. The summed E-state index contributed by atoms with van der Waals surface area (Å²) in [6.45, 7) is 0.475. The van der Waals surface area contributed by atoms with Gasteiger partial charge in [0.2, 0.25) is 0 Å². The summed E-state index contributed by atoms with van der Waals surface area (Å²) in [6.07, 6.45) is 3.19. The van der Waals surface area contributed by atoms with Crippen LogP contribution in [-0.4, -0.2) is 0 Å². The quantitative estimate of drug-likeness (QED) is 0.871. The van der Waals surface area contributed by atoms with E-state index in [9.17, 15) is 0 Å². The molecule has 0 aromatic heterocycles. The van der Waals surface area contributed by atoms with E-state index in [1.807, 2.05) is 24.3 Å². The van der Waals surface area contributed by atoms with Gasteiger partial charge in [-0.1, -0.05) is 41.4 Å². The third-order valence-corrected chi connectivity index (χ3v) is 4.63. The number of hydrogen-bond acceptors (Lipinski definition) is 2. The highest BCUT2D eigenvalue weighted by molar-refractivity contribution is 6.42. The maximum atomic E-state index is 6.17. The minimum Gasteiger partial charge on any atom is -0.489 e. The number of benzene rings is 2. The zero-order chi connectivity index (χ0) is 14.8. The molecule has 2 N–H and O–H groups in total. The molecule has 4 heteroatoms. The van der Waals surface area contributed by atoms with Crippen LogP contribution in [0.4, 0.5) is 0 Å².